The second-order valence-electron chi connectivity index (χ2n) is 5.92. The van der Waals surface area contributed by atoms with Crippen molar-refractivity contribution in [3.8, 4) is 5.75 Å². The summed E-state index contributed by atoms with van der Waals surface area (Å²) in [6, 6.07) is 6.08. The van der Waals surface area contributed by atoms with E-state index in [0.29, 0.717) is 19.0 Å². The van der Waals surface area contributed by atoms with E-state index in [1.54, 1.807) is 12.3 Å². The van der Waals surface area contributed by atoms with Crippen LogP contribution >= 0.6 is 0 Å². The number of hydrogen-bond acceptors (Lipinski definition) is 4. The standard InChI is InChI=1S/C19H28N2O3/c1-5-6-17-11-16(9-10-20-15(4)22)7-8-19(17)24-13-18(23)12-21-14(2)3/h5,7-11,14,18,21,23H,1,6,12-13H2,2-4H3,(H,20,22)/b10-9+. The summed E-state index contributed by atoms with van der Waals surface area (Å²) in [7, 11) is 0. The van der Waals surface area contributed by atoms with Crippen LogP contribution in [0.1, 0.15) is 31.9 Å². The molecule has 24 heavy (non-hydrogen) atoms. The lowest BCUT2D eigenvalue weighted by Crippen LogP contribution is -2.35. The summed E-state index contributed by atoms with van der Waals surface area (Å²) in [5.41, 5.74) is 1.94. The molecule has 0 aliphatic heterocycles. The Bertz CT molecular complexity index is 568. The van der Waals surface area contributed by atoms with Crippen LogP contribution in [0, 0.1) is 0 Å². The van der Waals surface area contributed by atoms with E-state index in [0.717, 1.165) is 16.9 Å². The van der Waals surface area contributed by atoms with E-state index in [-0.39, 0.29) is 12.5 Å². The second-order valence-corrected chi connectivity index (χ2v) is 5.92. The van der Waals surface area contributed by atoms with Gasteiger partial charge < -0.3 is 20.5 Å². The van der Waals surface area contributed by atoms with Crippen molar-refractivity contribution in [3.63, 3.8) is 0 Å². The molecule has 0 bridgehead atoms. The van der Waals surface area contributed by atoms with Crippen LogP contribution in [0.4, 0.5) is 0 Å². The molecule has 0 aromatic heterocycles. The highest BCUT2D eigenvalue weighted by molar-refractivity contribution is 5.75. The molecule has 0 spiro atoms. The molecular formula is C19H28N2O3. The zero-order chi connectivity index (χ0) is 17.9. The quantitative estimate of drug-likeness (QED) is 0.575. The molecule has 0 fully saturated rings. The fourth-order valence-electron chi connectivity index (χ4n) is 2.03. The SMILES string of the molecule is C=CCc1cc(/C=C/NC(C)=O)ccc1OCC(O)CNC(C)C. The number of nitrogens with one attached hydrogen (secondary N) is 2. The van der Waals surface area contributed by atoms with Gasteiger partial charge in [-0.25, -0.2) is 0 Å². The topological polar surface area (TPSA) is 70.6 Å². The Labute approximate surface area is 144 Å². The third-order valence-electron chi connectivity index (χ3n) is 3.20. The Morgan fingerprint density at radius 3 is 2.79 bits per heavy atom. The van der Waals surface area contributed by atoms with Crippen LogP contribution < -0.4 is 15.4 Å². The molecule has 1 amide bonds. The first-order chi connectivity index (χ1) is 11.4. The van der Waals surface area contributed by atoms with Crippen LogP contribution in [0.2, 0.25) is 0 Å². The molecule has 3 N–H and O–H groups in total. The van der Waals surface area contributed by atoms with Crippen LogP contribution in [0.3, 0.4) is 0 Å². The van der Waals surface area contributed by atoms with Crippen LogP contribution in [0.15, 0.2) is 37.1 Å². The summed E-state index contributed by atoms with van der Waals surface area (Å²) >= 11 is 0. The Morgan fingerprint density at radius 2 is 2.17 bits per heavy atom. The summed E-state index contributed by atoms with van der Waals surface area (Å²) in [6.07, 6.45) is 5.33. The molecule has 132 valence electrons. The zero-order valence-corrected chi connectivity index (χ0v) is 14.7. The highest BCUT2D eigenvalue weighted by Crippen LogP contribution is 2.22. The maximum absolute atomic E-state index is 10.9. The number of ether oxygens (including phenoxy) is 1. The lowest BCUT2D eigenvalue weighted by atomic mass is 10.1. The zero-order valence-electron chi connectivity index (χ0n) is 14.7. The maximum atomic E-state index is 10.9. The molecule has 1 aromatic carbocycles. The molecule has 0 saturated heterocycles. The smallest absolute Gasteiger partial charge is 0.220 e. The van der Waals surface area contributed by atoms with Crippen LogP contribution in [0.25, 0.3) is 6.08 Å². The number of rotatable bonds is 10. The third kappa shape index (κ3) is 7.94. The Morgan fingerprint density at radius 1 is 1.42 bits per heavy atom. The van der Waals surface area contributed by atoms with Crippen molar-refractivity contribution < 1.29 is 14.6 Å². The Hall–Kier alpha value is -2.11. The fourth-order valence-corrected chi connectivity index (χ4v) is 2.03. The van der Waals surface area contributed by atoms with Crippen molar-refractivity contribution in [3.05, 3.63) is 48.2 Å². The third-order valence-corrected chi connectivity index (χ3v) is 3.20. The van der Waals surface area contributed by atoms with Crippen molar-refractivity contribution >= 4 is 12.0 Å². The van der Waals surface area contributed by atoms with Crippen LogP contribution in [-0.4, -0.2) is 36.3 Å². The van der Waals surface area contributed by atoms with E-state index in [1.807, 2.05) is 38.1 Å². The van der Waals surface area contributed by atoms with Gasteiger partial charge in [0.15, 0.2) is 0 Å². The number of benzene rings is 1. The highest BCUT2D eigenvalue weighted by atomic mass is 16.5. The molecule has 0 radical (unpaired) electrons. The van der Waals surface area contributed by atoms with E-state index in [2.05, 4.69) is 17.2 Å². The minimum absolute atomic E-state index is 0.110. The van der Waals surface area contributed by atoms with Gasteiger partial charge in [-0.3, -0.25) is 4.79 Å². The van der Waals surface area contributed by atoms with Gasteiger partial charge >= 0.3 is 0 Å². The van der Waals surface area contributed by atoms with Gasteiger partial charge in [0.2, 0.25) is 5.91 Å². The van der Waals surface area contributed by atoms with Gasteiger partial charge in [0.05, 0.1) is 0 Å². The van der Waals surface area contributed by atoms with E-state index < -0.39 is 6.10 Å². The Balaban J connectivity index is 2.70. The van der Waals surface area contributed by atoms with Gasteiger partial charge in [0.25, 0.3) is 0 Å². The fraction of sp³-hybridized carbons (Fsp3) is 0.421. The van der Waals surface area contributed by atoms with Gasteiger partial charge in [-0.2, -0.15) is 0 Å². The lowest BCUT2D eigenvalue weighted by molar-refractivity contribution is -0.118. The van der Waals surface area contributed by atoms with E-state index in [9.17, 15) is 9.90 Å². The first kappa shape index (κ1) is 19.9. The molecule has 1 rings (SSSR count). The monoisotopic (exact) mass is 332 g/mol. The molecule has 0 aliphatic carbocycles. The molecule has 1 aromatic rings. The minimum Gasteiger partial charge on any atom is -0.491 e. The van der Waals surface area contributed by atoms with Gasteiger partial charge in [-0.05, 0) is 35.8 Å². The maximum Gasteiger partial charge on any atom is 0.220 e. The summed E-state index contributed by atoms with van der Waals surface area (Å²) in [4.78, 5) is 10.9. The number of allylic oxidation sites excluding steroid dienone is 1. The van der Waals surface area contributed by atoms with E-state index in [1.165, 1.54) is 6.92 Å². The van der Waals surface area contributed by atoms with Crippen molar-refractivity contribution in [2.75, 3.05) is 13.2 Å². The predicted molar refractivity (Wildman–Crippen MR) is 97.8 cm³/mol. The van der Waals surface area contributed by atoms with Crippen molar-refractivity contribution in [1.29, 1.82) is 0 Å². The number of carbonyl (C=O) groups excluding carboxylic acids is 1. The predicted octanol–water partition coefficient (Wildman–Crippen LogP) is 2.26. The summed E-state index contributed by atoms with van der Waals surface area (Å²) in [5, 5.41) is 15.7. The number of carbonyl (C=O) groups is 1. The average Bonchev–Trinajstić information content (AvgIpc) is 2.52. The molecule has 0 saturated carbocycles. The van der Waals surface area contributed by atoms with E-state index in [4.69, 9.17) is 4.74 Å². The summed E-state index contributed by atoms with van der Waals surface area (Å²) in [6.45, 7) is 10.0. The lowest BCUT2D eigenvalue weighted by Gasteiger charge is -2.17. The Kier molecular flexibility index (Phi) is 8.83. The normalized spacial score (nSPS) is 12.4. The molecule has 5 heteroatoms. The molecule has 5 nitrogen and oxygen atoms in total. The van der Waals surface area contributed by atoms with Gasteiger partial charge in [-0.1, -0.05) is 26.0 Å². The van der Waals surface area contributed by atoms with Crippen molar-refractivity contribution in [2.24, 2.45) is 0 Å². The molecule has 0 heterocycles. The number of hydrogen-bond donors (Lipinski definition) is 3. The summed E-state index contributed by atoms with van der Waals surface area (Å²) < 4.78 is 5.75. The number of aliphatic hydroxyl groups excluding tert-OH is 1. The average molecular weight is 332 g/mol. The van der Waals surface area contributed by atoms with Gasteiger partial charge in [0, 0.05) is 25.7 Å². The van der Waals surface area contributed by atoms with Gasteiger partial charge in [0.1, 0.15) is 18.5 Å². The first-order valence-electron chi connectivity index (χ1n) is 8.14. The minimum atomic E-state index is -0.566. The van der Waals surface area contributed by atoms with E-state index >= 15 is 0 Å². The number of aliphatic hydroxyl groups is 1. The number of amides is 1. The first-order valence-corrected chi connectivity index (χ1v) is 8.14. The molecule has 1 atom stereocenters. The molecule has 1 unspecified atom stereocenters. The van der Waals surface area contributed by atoms with Crippen molar-refractivity contribution in [1.82, 2.24) is 10.6 Å². The summed E-state index contributed by atoms with van der Waals surface area (Å²) in [5.74, 6) is 0.622. The van der Waals surface area contributed by atoms with Crippen molar-refractivity contribution in [2.45, 2.75) is 39.3 Å². The van der Waals surface area contributed by atoms with Gasteiger partial charge in [-0.15, -0.1) is 6.58 Å². The second kappa shape index (κ2) is 10.6. The van der Waals surface area contributed by atoms with Crippen LogP contribution in [0.5, 0.6) is 5.75 Å². The molecular weight excluding hydrogens is 304 g/mol. The van der Waals surface area contributed by atoms with Crippen LogP contribution in [-0.2, 0) is 11.2 Å². The highest BCUT2D eigenvalue weighted by Gasteiger charge is 2.09. The molecule has 0 aliphatic rings. The largest absolute Gasteiger partial charge is 0.491 e.